The summed E-state index contributed by atoms with van der Waals surface area (Å²) in [4.78, 5) is 49.1. The van der Waals surface area contributed by atoms with Crippen molar-refractivity contribution in [2.24, 2.45) is 0 Å². The predicted octanol–water partition coefficient (Wildman–Crippen LogP) is 2.91. The number of aromatic nitrogens is 1. The van der Waals surface area contributed by atoms with Crippen LogP contribution in [-0.2, 0) is 31.8 Å². The molecule has 1 aromatic heterocycles. The molecule has 0 saturated carbocycles. The van der Waals surface area contributed by atoms with Crippen LogP contribution in [0.2, 0.25) is 5.02 Å². The summed E-state index contributed by atoms with van der Waals surface area (Å²) in [6, 6.07) is 9.27. The molecule has 0 bridgehead atoms. The van der Waals surface area contributed by atoms with Crippen molar-refractivity contribution in [1.29, 1.82) is 0 Å². The number of rotatable bonds is 7. The fourth-order valence-corrected chi connectivity index (χ4v) is 3.14. The number of hydrogen-bond acceptors (Lipinski definition) is 6. The number of fused-ring (bicyclic) bond motifs is 1. The number of amides is 2. The van der Waals surface area contributed by atoms with Crippen molar-refractivity contribution in [3.63, 3.8) is 0 Å². The van der Waals surface area contributed by atoms with E-state index in [2.05, 4.69) is 5.32 Å². The molecule has 1 heterocycles. The van der Waals surface area contributed by atoms with Crippen molar-refractivity contribution >= 4 is 46.2 Å². The van der Waals surface area contributed by atoms with E-state index >= 15 is 0 Å². The molecular weight excluding hydrogens is 483 g/mol. The number of anilines is 1. The standard InChI is InChI=1S/C21H17ClF3N3O6/c1-27(9-17(29)26-12-6-7-14(22)13(8-12)21(23,24)25)18(30)11-33-19(31)10-28-15-4-2-3-5-16(15)34-20(28)32/h2-8H,9-11H2,1H3,(H,26,29). The summed E-state index contributed by atoms with van der Waals surface area (Å²) in [5.41, 5.74) is -0.620. The normalized spacial score (nSPS) is 11.3. The highest BCUT2D eigenvalue weighted by Crippen LogP contribution is 2.36. The van der Waals surface area contributed by atoms with E-state index in [1.165, 1.54) is 13.1 Å². The van der Waals surface area contributed by atoms with E-state index in [0.717, 1.165) is 15.5 Å². The van der Waals surface area contributed by atoms with Crippen LogP contribution in [0.3, 0.4) is 0 Å². The number of ether oxygens (including phenoxy) is 1. The lowest BCUT2D eigenvalue weighted by Gasteiger charge is -2.17. The quantitative estimate of drug-likeness (QED) is 0.500. The van der Waals surface area contributed by atoms with Crippen molar-refractivity contribution in [3.8, 4) is 0 Å². The Morgan fingerprint density at radius 1 is 1.18 bits per heavy atom. The first-order valence-electron chi connectivity index (χ1n) is 9.60. The molecule has 2 aromatic carbocycles. The Labute approximate surface area is 194 Å². The second-order valence-corrected chi connectivity index (χ2v) is 7.48. The van der Waals surface area contributed by atoms with E-state index in [9.17, 15) is 32.3 Å². The molecule has 9 nitrogen and oxygen atoms in total. The second-order valence-electron chi connectivity index (χ2n) is 7.07. The molecule has 1 N–H and O–H groups in total. The molecule has 0 saturated heterocycles. The highest BCUT2D eigenvalue weighted by Gasteiger charge is 2.33. The Kier molecular flexibility index (Phi) is 7.30. The van der Waals surface area contributed by atoms with Crippen LogP contribution in [0.25, 0.3) is 11.1 Å². The molecule has 3 aromatic rings. The van der Waals surface area contributed by atoms with Gasteiger partial charge in [-0.15, -0.1) is 0 Å². The summed E-state index contributed by atoms with van der Waals surface area (Å²) < 4.78 is 49.7. The van der Waals surface area contributed by atoms with Gasteiger partial charge in [-0.3, -0.25) is 19.0 Å². The third kappa shape index (κ3) is 5.95. The average Bonchev–Trinajstić information content (AvgIpc) is 3.07. The molecule has 0 spiro atoms. The maximum absolute atomic E-state index is 12.9. The zero-order valence-electron chi connectivity index (χ0n) is 17.5. The van der Waals surface area contributed by atoms with Gasteiger partial charge in [0, 0.05) is 12.7 Å². The number of alkyl halides is 3. The van der Waals surface area contributed by atoms with Gasteiger partial charge < -0.3 is 19.4 Å². The van der Waals surface area contributed by atoms with Gasteiger partial charge in [-0.25, -0.2) is 4.79 Å². The minimum absolute atomic E-state index is 0.160. The predicted molar refractivity (Wildman–Crippen MR) is 114 cm³/mol. The average molecular weight is 500 g/mol. The fourth-order valence-electron chi connectivity index (χ4n) is 2.92. The number of hydrogen-bond donors (Lipinski definition) is 1. The Morgan fingerprint density at radius 2 is 1.88 bits per heavy atom. The van der Waals surface area contributed by atoms with Crippen molar-refractivity contribution in [2.45, 2.75) is 12.7 Å². The molecule has 0 radical (unpaired) electrons. The van der Waals surface area contributed by atoms with Crippen LogP contribution in [0.5, 0.6) is 0 Å². The van der Waals surface area contributed by atoms with Gasteiger partial charge in [0.15, 0.2) is 12.2 Å². The van der Waals surface area contributed by atoms with Crippen molar-refractivity contribution in [3.05, 3.63) is 63.6 Å². The van der Waals surface area contributed by atoms with Crippen LogP contribution in [0.1, 0.15) is 5.56 Å². The zero-order chi connectivity index (χ0) is 25.0. The van der Waals surface area contributed by atoms with Gasteiger partial charge in [-0.05, 0) is 30.3 Å². The number of benzene rings is 2. The molecule has 180 valence electrons. The number of para-hydroxylation sites is 2. The molecule has 0 atom stereocenters. The van der Waals surface area contributed by atoms with Crippen LogP contribution >= 0.6 is 11.6 Å². The Balaban J connectivity index is 1.52. The van der Waals surface area contributed by atoms with Crippen LogP contribution in [0, 0.1) is 0 Å². The molecule has 0 aliphatic carbocycles. The third-order valence-electron chi connectivity index (χ3n) is 4.58. The minimum atomic E-state index is -4.71. The van der Waals surface area contributed by atoms with Crippen LogP contribution in [0.4, 0.5) is 18.9 Å². The lowest BCUT2D eigenvalue weighted by atomic mass is 10.2. The number of oxazole rings is 1. The van der Waals surface area contributed by atoms with Gasteiger partial charge in [0.05, 0.1) is 22.6 Å². The molecule has 3 rings (SSSR count). The van der Waals surface area contributed by atoms with Crippen molar-refractivity contribution in [2.75, 3.05) is 25.5 Å². The Morgan fingerprint density at radius 3 is 2.59 bits per heavy atom. The lowest BCUT2D eigenvalue weighted by Crippen LogP contribution is -2.37. The summed E-state index contributed by atoms with van der Waals surface area (Å²) in [5, 5.41) is 1.71. The SMILES string of the molecule is CN(CC(=O)Nc1ccc(Cl)c(C(F)(F)F)c1)C(=O)COC(=O)Cn1c(=O)oc2ccccc21. The van der Waals surface area contributed by atoms with Gasteiger partial charge in [0.2, 0.25) is 5.91 Å². The maximum atomic E-state index is 12.9. The first-order valence-corrected chi connectivity index (χ1v) is 9.98. The number of nitrogens with zero attached hydrogens (tertiary/aromatic N) is 2. The highest BCUT2D eigenvalue weighted by atomic mass is 35.5. The van der Waals surface area contributed by atoms with Crippen LogP contribution in [0.15, 0.2) is 51.7 Å². The van der Waals surface area contributed by atoms with Gasteiger partial charge in [-0.1, -0.05) is 23.7 Å². The smallest absolute Gasteiger partial charge is 0.420 e. The van der Waals surface area contributed by atoms with E-state index in [1.54, 1.807) is 24.3 Å². The highest BCUT2D eigenvalue weighted by molar-refractivity contribution is 6.31. The Hall–Kier alpha value is -3.80. The number of esters is 1. The number of carbonyl (C=O) groups excluding carboxylic acids is 3. The van der Waals surface area contributed by atoms with Crippen molar-refractivity contribution in [1.82, 2.24) is 9.47 Å². The molecule has 34 heavy (non-hydrogen) atoms. The fraction of sp³-hybridized carbons (Fsp3) is 0.238. The van der Waals surface area contributed by atoms with E-state index in [1.807, 2.05) is 0 Å². The van der Waals surface area contributed by atoms with Crippen LogP contribution in [-0.4, -0.2) is 47.4 Å². The molecule has 0 unspecified atom stereocenters. The largest absolute Gasteiger partial charge is 0.454 e. The summed E-state index contributed by atoms with van der Waals surface area (Å²) in [6.07, 6.45) is -4.71. The maximum Gasteiger partial charge on any atom is 0.420 e. The summed E-state index contributed by atoms with van der Waals surface area (Å²) in [6.45, 7) is -1.73. The van der Waals surface area contributed by atoms with E-state index in [-0.39, 0.29) is 11.3 Å². The summed E-state index contributed by atoms with van der Waals surface area (Å²) in [7, 11) is 1.24. The van der Waals surface area contributed by atoms with Crippen LogP contribution < -0.4 is 11.1 Å². The van der Waals surface area contributed by atoms with Gasteiger partial charge in [0.1, 0.15) is 6.54 Å². The molecule has 0 fully saturated rings. The molecule has 13 heteroatoms. The summed E-state index contributed by atoms with van der Waals surface area (Å²) >= 11 is 5.53. The van der Waals surface area contributed by atoms with Gasteiger partial charge in [-0.2, -0.15) is 13.2 Å². The zero-order valence-corrected chi connectivity index (χ0v) is 18.3. The second kappa shape index (κ2) is 10.00. The molecule has 0 aliphatic heterocycles. The lowest BCUT2D eigenvalue weighted by molar-refractivity contribution is -0.152. The molecule has 2 amide bonds. The topological polar surface area (TPSA) is 111 Å². The van der Waals surface area contributed by atoms with E-state index in [0.29, 0.717) is 11.6 Å². The monoisotopic (exact) mass is 499 g/mol. The number of carbonyl (C=O) groups is 3. The van der Waals surface area contributed by atoms with Crippen molar-refractivity contribution < 1.29 is 36.7 Å². The van der Waals surface area contributed by atoms with E-state index in [4.69, 9.17) is 20.8 Å². The minimum Gasteiger partial charge on any atom is -0.454 e. The summed E-state index contributed by atoms with van der Waals surface area (Å²) in [5.74, 6) is -3.19. The third-order valence-corrected chi connectivity index (χ3v) is 4.91. The molecular formula is C21H17ClF3N3O6. The number of halogens is 4. The number of nitrogens with one attached hydrogen (secondary N) is 1. The van der Waals surface area contributed by atoms with E-state index < -0.39 is 60.0 Å². The number of likely N-dealkylation sites (N-methyl/N-ethyl adjacent to an activating group) is 1. The van der Waals surface area contributed by atoms with Gasteiger partial charge >= 0.3 is 17.9 Å². The van der Waals surface area contributed by atoms with Gasteiger partial charge in [0.25, 0.3) is 5.91 Å². The first kappa shape index (κ1) is 24.8. The Bertz CT molecular complexity index is 1300. The molecule has 0 aliphatic rings. The first-order chi connectivity index (χ1) is 16.0.